The van der Waals surface area contributed by atoms with E-state index in [1.807, 2.05) is 22.6 Å². The Kier molecular flexibility index (Phi) is 4.25. The summed E-state index contributed by atoms with van der Waals surface area (Å²) < 4.78 is 14.3. The largest absolute Gasteiger partial charge is 0.206 e. The molecule has 0 heterocycles. The number of nitrogens with zero attached hydrogens (tertiary/aromatic N) is 2. The summed E-state index contributed by atoms with van der Waals surface area (Å²) in [6.07, 6.45) is 1.34. The lowest BCUT2D eigenvalue weighted by molar-refractivity contribution is 0.619. The van der Waals surface area contributed by atoms with E-state index >= 15 is 0 Å². The lowest BCUT2D eigenvalue weighted by Gasteiger charge is -2.00. The molecule has 1 rings (SSSR count). The maximum Gasteiger partial charge on any atom is 0.137 e. The lowest BCUT2D eigenvalue weighted by Crippen LogP contribution is -1.86. The zero-order valence-electron chi connectivity index (χ0n) is 7.26. The van der Waals surface area contributed by atoms with Gasteiger partial charge in [-0.15, -0.1) is 0 Å². The van der Waals surface area contributed by atoms with E-state index in [2.05, 4.69) is 15.9 Å². The van der Waals surface area contributed by atoms with E-state index in [0.29, 0.717) is 13.6 Å². The summed E-state index contributed by atoms with van der Waals surface area (Å²) in [5, 5.41) is 17.1. The summed E-state index contributed by atoms with van der Waals surface area (Å²) in [5.41, 5.74) is 0.419. The van der Waals surface area contributed by atoms with E-state index in [1.54, 1.807) is 18.2 Å². The molecule has 2 nitrogen and oxygen atoms in total. The molecule has 5 heteroatoms. The molecular weight excluding hydrogens is 374 g/mol. The molecular formula is C10H3BrFIN2. The monoisotopic (exact) mass is 376 g/mol. The fourth-order valence-corrected chi connectivity index (χ4v) is 2.25. The van der Waals surface area contributed by atoms with Gasteiger partial charge in [0.1, 0.15) is 23.5 Å². The van der Waals surface area contributed by atoms with Crippen LogP contribution in [0, 0.1) is 32.0 Å². The average Bonchev–Trinajstić information content (AvgIpc) is 2.21. The van der Waals surface area contributed by atoms with Crippen molar-refractivity contribution in [2.75, 3.05) is 0 Å². The number of hydrogen-bond donors (Lipinski definition) is 0. The topological polar surface area (TPSA) is 47.6 Å². The molecule has 0 spiro atoms. The maximum atomic E-state index is 13.2. The molecule has 0 N–H and O–H groups in total. The van der Waals surface area contributed by atoms with Crippen molar-refractivity contribution in [2.24, 2.45) is 0 Å². The summed E-state index contributed by atoms with van der Waals surface area (Å²) >= 11 is 5.10. The Hall–Kier alpha value is -0.920. The van der Waals surface area contributed by atoms with E-state index in [1.165, 1.54) is 12.1 Å². The van der Waals surface area contributed by atoms with Gasteiger partial charge in [0.2, 0.25) is 0 Å². The van der Waals surface area contributed by atoms with Gasteiger partial charge in [-0.1, -0.05) is 15.9 Å². The Morgan fingerprint density at radius 1 is 1.40 bits per heavy atom. The molecule has 74 valence electrons. The Morgan fingerprint density at radius 2 is 2.00 bits per heavy atom. The summed E-state index contributed by atoms with van der Waals surface area (Å²) in [6.45, 7) is 0. The zero-order chi connectivity index (χ0) is 11.4. The third-order valence-corrected chi connectivity index (χ3v) is 3.09. The minimum absolute atomic E-state index is 0.0590. The average molecular weight is 377 g/mol. The third kappa shape index (κ3) is 3.01. The molecule has 1 aromatic carbocycles. The highest BCUT2D eigenvalue weighted by Gasteiger charge is 2.05. The Labute approximate surface area is 108 Å². The Balaban J connectivity index is 3.30. The van der Waals surface area contributed by atoms with E-state index in [9.17, 15) is 4.39 Å². The number of benzene rings is 1. The molecule has 0 fully saturated rings. The highest BCUT2D eigenvalue weighted by Crippen LogP contribution is 2.24. The predicted molar refractivity (Wildman–Crippen MR) is 66.0 cm³/mol. The first-order valence-corrected chi connectivity index (χ1v) is 5.62. The van der Waals surface area contributed by atoms with E-state index in [-0.39, 0.29) is 11.4 Å². The normalized spacial score (nSPS) is 8.87. The first-order valence-electron chi connectivity index (χ1n) is 3.75. The first-order chi connectivity index (χ1) is 7.08. The molecule has 0 amide bonds. The van der Waals surface area contributed by atoms with Gasteiger partial charge >= 0.3 is 0 Å². The molecule has 0 atom stereocenters. The van der Waals surface area contributed by atoms with Gasteiger partial charge in [-0.05, 0) is 46.4 Å². The fourth-order valence-electron chi connectivity index (χ4n) is 0.894. The summed E-state index contributed by atoms with van der Waals surface area (Å²) in [4.78, 5) is 0. The smallest absolute Gasteiger partial charge is 0.137 e. The van der Waals surface area contributed by atoms with E-state index in [4.69, 9.17) is 10.5 Å². The SMILES string of the molecule is N#CC(C#N)=Cc1cc(F)c(I)cc1Br. The lowest BCUT2D eigenvalue weighted by atomic mass is 10.1. The van der Waals surface area contributed by atoms with Gasteiger partial charge in [0, 0.05) is 8.04 Å². The van der Waals surface area contributed by atoms with Gasteiger partial charge in [-0.2, -0.15) is 10.5 Å². The van der Waals surface area contributed by atoms with Crippen LogP contribution in [-0.4, -0.2) is 0 Å². The number of hydrogen-bond acceptors (Lipinski definition) is 2. The third-order valence-electron chi connectivity index (χ3n) is 1.58. The summed E-state index contributed by atoms with van der Waals surface area (Å²) in [6, 6.07) is 6.30. The van der Waals surface area contributed by atoms with Crippen LogP contribution in [0.4, 0.5) is 4.39 Å². The minimum Gasteiger partial charge on any atom is -0.206 e. The number of nitriles is 2. The van der Waals surface area contributed by atoms with Crippen molar-refractivity contribution in [3.63, 3.8) is 0 Å². The Bertz CT molecular complexity index is 495. The second-order valence-electron chi connectivity index (χ2n) is 2.57. The molecule has 0 unspecified atom stereocenters. The van der Waals surface area contributed by atoms with Crippen molar-refractivity contribution in [3.05, 3.63) is 37.1 Å². The van der Waals surface area contributed by atoms with Crippen molar-refractivity contribution in [3.8, 4) is 12.1 Å². The van der Waals surface area contributed by atoms with Crippen molar-refractivity contribution in [1.29, 1.82) is 10.5 Å². The molecule has 0 aromatic heterocycles. The molecule has 0 aliphatic carbocycles. The van der Waals surface area contributed by atoms with Gasteiger partial charge in [0.25, 0.3) is 0 Å². The van der Waals surface area contributed by atoms with Gasteiger partial charge in [-0.3, -0.25) is 0 Å². The van der Waals surface area contributed by atoms with E-state index in [0.717, 1.165) is 0 Å². The second kappa shape index (κ2) is 5.24. The first kappa shape index (κ1) is 12.2. The van der Waals surface area contributed by atoms with Gasteiger partial charge in [-0.25, -0.2) is 4.39 Å². The molecule has 0 saturated heterocycles. The van der Waals surface area contributed by atoms with Crippen molar-refractivity contribution >= 4 is 44.6 Å². The van der Waals surface area contributed by atoms with Crippen LogP contribution in [-0.2, 0) is 0 Å². The number of rotatable bonds is 1. The van der Waals surface area contributed by atoms with Crippen LogP contribution in [0.5, 0.6) is 0 Å². The standard InChI is InChI=1S/C10H3BrFIN2/c11-8-3-10(13)9(12)2-7(8)1-6(4-14)5-15/h1-3H. The van der Waals surface area contributed by atoms with Crippen LogP contribution < -0.4 is 0 Å². The highest BCUT2D eigenvalue weighted by molar-refractivity contribution is 14.1. The molecule has 0 bridgehead atoms. The molecule has 15 heavy (non-hydrogen) atoms. The second-order valence-corrected chi connectivity index (χ2v) is 4.59. The molecule has 1 aromatic rings. The summed E-state index contributed by atoms with van der Waals surface area (Å²) in [5.74, 6) is -0.375. The van der Waals surface area contributed by atoms with Crippen molar-refractivity contribution in [2.45, 2.75) is 0 Å². The quantitative estimate of drug-likeness (QED) is 0.427. The van der Waals surface area contributed by atoms with E-state index < -0.39 is 0 Å². The maximum absolute atomic E-state index is 13.2. The predicted octanol–water partition coefficient (Wildman–Crippen LogP) is 3.62. The molecule has 0 saturated carbocycles. The van der Waals surface area contributed by atoms with Crippen molar-refractivity contribution < 1.29 is 4.39 Å². The molecule has 0 aliphatic rings. The number of allylic oxidation sites excluding steroid dienone is 1. The highest BCUT2D eigenvalue weighted by atomic mass is 127. The Morgan fingerprint density at radius 3 is 2.53 bits per heavy atom. The van der Waals surface area contributed by atoms with Crippen LogP contribution in [0.1, 0.15) is 5.56 Å². The van der Waals surface area contributed by atoms with Crippen LogP contribution in [0.15, 0.2) is 22.2 Å². The van der Waals surface area contributed by atoms with Crippen molar-refractivity contribution in [1.82, 2.24) is 0 Å². The minimum atomic E-state index is -0.375. The van der Waals surface area contributed by atoms with Crippen LogP contribution in [0.3, 0.4) is 0 Å². The van der Waals surface area contributed by atoms with Gasteiger partial charge < -0.3 is 0 Å². The zero-order valence-corrected chi connectivity index (χ0v) is 11.0. The van der Waals surface area contributed by atoms with Crippen LogP contribution >= 0.6 is 38.5 Å². The van der Waals surface area contributed by atoms with Gasteiger partial charge in [0.05, 0.1) is 0 Å². The van der Waals surface area contributed by atoms with Crippen LogP contribution in [0.25, 0.3) is 6.08 Å². The van der Waals surface area contributed by atoms with Gasteiger partial charge in [0.15, 0.2) is 0 Å². The number of halogens is 3. The van der Waals surface area contributed by atoms with Crippen LogP contribution in [0.2, 0.25) is 0 Å². The fraction of sp³-hybridized carbons (Fsp3) is 0. The summed E-state index contributed by atoms with van der Waals surface area (Å²) in [7, 11) is 0. The molecule has 0 radical (unpaired) electrons. The molecule has 0 aliphatic heterocycles.